The number of fused-ring (bicyclic) bond motifs is 3. The zero-order valence-electron chi connectivity index (χ0n) is 17.3. The summed E-state index contributed by atoms with van der Waals surface area (Å²) in [6, 6.07) is 16.7. The van der Waals surface area contributed by atoms with Gasteiger partial charge in [0.2, 0.25) is 0 Å². The number of aryl methyl sites for hydroxylation is 2. The highest BCUT2D eigenvalue weighted by molar-refractivity contribution is 5.83. The van der Waals surface area contributed by atoms with Crippen LogP contribution in [0.2, 0.25) is 0 Å². The summed E-state index contributed by atoms with van der Waals surface area (Å²) in [6.07, 6.45) is 4.62. The van der Waals surface area contributed by atoms with Crippen molar-refractivity contribution in [2.75, 3.05) is 14.2 Å². The highest BCUT2D eigenvalue weighted by Gasteiger charge is 2.25. The fourth-order valence-electron chi connectivity index (χ4n) is 4.25. The summed E-state index contributed by atoms with van der Waals surface area (Å²) < 4.78 is 13.4. The SMILES string of the molecule is COc1cc2c(cc1OC)-c1c(-c3ccc(-c4cccnc4)cc3)nc(C)n1CC2. The molecule has 0 atom stereocenters. The van der Waals surface area contributed by atoms with Crippen LogP contribution >= 0.6 is 0 Å². The number of pyridine rings is 1. The highest BCUT2D eigenvalue weighted by Crippen LogP contribution is 2.43. The second-order valence-electron chi connectivity index (χ2n) is 7.44. The second-order valence-corrected chi connectivity index (χ2v) is 7.44. The first-order valence-corrected chi connectivity index (χ1v) is 10.0. The quantitative estimate of drug-likeness (QED) is 0.477. The summed E-state index contributed by atoms with van der Waals surface area (Å²) in [6.45, 7) is 2.98. The summed E-state index contributed by atoms with van der Waals surface area (Å²) in [4.78, 5) is 9.16. The Bertz CT molecular complexity index is 1210. The minimum Gasteiger partial charge on any atom is -0.493 e. The van der Waals surface area contributed by atoms with Crippen molar-refractivity contribution in [1.29, 1.82) is 0 Å². The van der Waals surface area contributed by atoms with Gasteiger partial charge in [0.25, 0.3) is 0 Å². The lowest BCUT2D eigenvalue weighted by Gasteiger charge is -2.22. The average molecular weight is 397 g/mol. The first kappa shape index (κ1) is 18.4. The number of benzene rings is 2. The molecular formula is C25H23N3O2. The number of imidazole rings is 1. The fourth-order valence-corrected chi connectivity index (χ4v) is 4.25. The van der Waals surface area contributed by atoms with Crippen LogP contribution in [0.1, 0.15) is 11.4 Å². The largest absolute Gasteiger partial charge is 0.493 e. The minimum absolute atomic E-state index is 0.737. The van der Waals surface area contributed by atoms with Crippen LogP contribution in [0.25, 0.3) is 33.6 Å². The standard InChI is InChI=1S/C25H23N3O2/c1-16-27-24(18-8-6-17(7-9-18)20-5-4-11-26-15-20)25-21-14-23(30-3)22(29-2)13-19(21)10-12-28(16)25/h4-9,11,13-15H,10,12H2,1-3H3. The first-order valence-electron chi connectivity index (χ1n) is 10.0. The van der Waals surface area contributed by atoms with E-state index < -0.39 is 0 Å². The lowest BCUT2D eigenvalue weighted by atomic mass is 9.94. The van der Waals surface area contributed by atoms with E-state index in [1.54, 1.807) is 20.4 Å². The smallest absolute Gasteiger partial charge is 0.161 e. The number of ether oxygens (including phenoxy) is 2. The van der Waals surface area contributed by atoms with Gasteiger partial charge in [0.1, 0.15) is 5.82 Å². The van der Waals surface area contributed by atoms with E-state index in [2.05, 4.69) is 58.9 Å². The lowest BCUT2D eigenvalue weighted by Crippen LogP contribution is -2.12. The summed E-state index contributed by atoms with van der Waals surface area (Å²) in [5, 5.41) is 0. The molecule has 0 N–H and O–H groups in total. The van der Waals surface area contributed by atoms with Gasteiger partial charge in [-0.3, -0.25) is 4.98 Å². The molecule has 0 unspecified atom stereocenters. The maximum atomic E-state index is 5.57. The second kappa shape index (κ2) is 7.34. The van der Waals surface area contributed by atoms with Crippen LogP contribution in [0, 0.1) is 6.92 Å². The van der Waals surface area contributed by atoms with E-state index in [0.29, 0.717) is 0 Å². The number of aromatic nitrogens is 3. The predicted molar refractivity (Wildman–Crippen MR) is 118 cm³/mol. The zero-order chi connectivity index (χ0) is 20.7. The molecule has 0 aliphatic carbocycles. The normalized spacial score (nSPS) is 12.2. The van der Waals surface area contributed by atoms with Crippen molar-refractivity contribution in [3.63, 3.8) is 0 Å². The number of hydrogen-bond acceptors (Lipinski definition) is 4. The van der Waals surface area contributed by atoms with Gasteiger partial charge >= 0.3 is 0 Å². The molecule has 5 heteroatoms. The van der Waals surface area contributed by atoms with Crippen molar-refractivity contribution >= 4 is 0 Å². The van der Waals surface area contributed by atoms with Gasteiger partial charge in [-0.05, 0) is 48.2 Å². The maximum absolute atomic E-state index is 5.57. The molecule has 150 valence electrons. The first-order chi connectivity index (χ1) is 14.7. The van der Waals surface area contributed by atoms with Crippen LogP contribution in [0.4, 0.5) is 0 Å². The fraction of sp³-hybridized carbons (Fsp3) is 0.200. The molecule has 0 radical (unpaired) electrons. The van der Waals surface area contributed by atoms with E-state index in [0.717, 1.165) is 63.9 Å². The van der Waals surface area contributed by atoms with E-state index in [9.17, 15) is 0 Å². The maximum Gasteiger partial charge on any atom is 0.161 e. The molecule has 1 aliphatic heterocycles. The Hall–Kier alpha value is -3.60. The lowest BCUT2D eigenvalue weighted by molar-refractivity contribution is 0.354. The van der Waals surface area contributed by atoms with Gasteiger partial charge in [-0.2, -0.15) is 0 Å². The van der Waals surface area contributed by atoms with Crippen LogP contribution in [0.3, 0.4) is 0 Å². The molecule has 0 saturated carbocycles. The van der Waals surface area contributed by atoms with Gasteiger partial charge in [0, 0.05) is 30.1 Å². The molecule has 5 rings (SSSR count). The molecular weight excluding hydrogens is 374 g/mol. The van der Waals surface area contributed by atoms with Crippen LogP contribution in [0.5, 0.6) is 11.5 Å². The van der Waals surface area contributed by atoms with Crippen LogP contribution in [-0.4, -0.2) is 28.8 Å². The molecule has 2 aromatic carbocycles. The van der Waals surface area contributed by atoms with Crippen molar-refractivity contribution in [3.05, 3.63) is 72.3 Å². The molecule has 0 spiro atoms. The molecule has 5 nitrogen and oxygen atoms in total. The van der Waals surface area contributed by atoms with Crippen molar-refractivity contribution < 1.29 is 9.47 Å². The molecule has 2 aromatic heterocycles. The van der Waals surface area contributed by atoms with E-state index in [1.165, 1.54) is 5.56 Å². The Balaban J connectivity index is 1.63. The minimum atomic E-state index is 0.737. The molecule has 0 bridgehead atoms. The summed E-state index contributed by atoms with van der Waals surface area (Å²) >= 11 is 0. The molecule has 30 heavy (non-hydrogen) atoms. The monoisotopic (exact) mass is 397 g/mol. The third kappa shape index (κ3) is 2.94. The number of rotatable bonds is 4. The predicted octanol–water partition coefficient (Wildman–Crippen LogP) is 5.16. The van der Waals surface area contributed by atoms with Crippen LogP contribution in [-0.2, 0) is 13.0 Å². The summed E-state index contributed by atoms with van der Waals surface area (Å²) in [5.41, 5.74) is 7.90. The van der Waals surface area contributed by atoms with Crippen molar-refractivity contribution in [2.24, 2.45) is 0 Å². The van der Waals surface area contributed by atoms with Gasteiger partial charge in [-0.15, -0.1) is 0 Å². The topological polar surface area (TPSA) is 49.2 Å². The van der Waals surface area contributed by atoms with E-state index in [-0.39, 0.29) is 0 Å². The Labute approximate surface area is 176 Å². The van der Waals surface area contributed by atoms with E-state index >= 15 is 0 Å². The van der Waals surface area contributed by atoms with Crippen molar-refractivity contribution in [3.8, 4) is 45.1 Å². The number of hydrogen-bond donors (Lipinski definition) is 0. The van der Waals surface area contributed by atoms with Gasteiger partial charge in [-0.25, -0.2) is 4.98 Å². The average Bonchev–Trinajstić information content (AvgIpc) is 3.15. The molecule has 0 amide bonds. The van der Waals surface area contributed by atoms with E-state index in [1.807, 2.05) is 12.3 Å². The highest BCUT2D eigenvalue weighted by atomic mass is 16.5. The Morgan fingerprint density at radius 2 is 1.63 bits per heavy atom. The molecule has 0 saturated heterocycles. The van der Waals surface area contributed by atoms with Gasteiger partial charge in [0.15, 0.2) is 11.5 Å². The summed E-state index contributed by atoms with van der Waals surface area (Å²) in [5.74, 6) is 2.53. The van der Waals surface area contributed by atoms with Gasteiger partial charge < -0.3 is 14.0 Å². The van der Waals surface area contributed by atoms with Crippen molar-refractivity contribution in [1.82, 2.24) is 14.5 Å². The van der Waals surface area contributed by atoms with Crippen LogP contribution < -0.4 is 9.47 Å². The Morgan fingerprint density at radius 1 is 0.900 bits per heavy atom. The Morgan fingerprint density at radius 3 is 2.33 bits per heavy atom. The molecule has 3 heterocycles. The summed E-state index contributed by atoms with van der Waals surface area (Å²) in [7, 11) is 3.35. The van der Waals surface area contributed by atoms with Crippen LogP contribution in [0.15, 0.2) is 60.9 Å². The van der Waals surface area contributed by atoms with Crippen molar-refractivity contribution in [2.45, 2.75) is 19.9 Å². The third-order valence-corrected chi connectivity index (χ3v) is 5.78. The number of methoxy groups -OCH3 is 2. The van der Waals surface area contributed by atoms with Gasteiger partial charge in [-0.1, -0.05) is 30.3 Å². The third-order valence-electron chi connectivity index (χ3n) is 5.78. The number of nitrogens with zero attached hydrogens (tertiary/aromatic N) is 3. The molecule has 4 aromatic rings. The van der Waals surface area contributed by atoms with E-state index in [4.69, 9.17) is 14.5 Å². The molecule has 1 aliphatic rings. The van der Waals surface area contributed by atoms with Gasteiger partial charge in [0.05, 0.1) is 25.6 Å². The molecule has 0 fully saturated rings. The zero-order valence-corrected chi connectivity index (χ0v) is 17.3. The Kier molecular flexibility index (Phi) is 4.51.